The maximum Gasteiger partial charge on any atom is 0.258 e. The highest BCUT2D eigenvalue weighted by molar-refractivity contribution is 6.29. The lowest BCUT2D eigenvalue weighted by atomic mass is 10.1. The van der Waals surface area contributed by atoms with Gasteiger partial charge >= 0.3 is 0 Å². The fourth-order valence-corrected chi connectivity index (χ4v) is 2.17. The summed E-state index contributed by atoms with van der Waals surface area (Å²) < 4.78 is 0. The highest BCUT2D eigenvalue weighted by Gasteiger charge is 2.17. The number of anilines is 1. The Balaban J connectivity index is 2.40. The molecule has 0 spiro atoms. The number of aromatic nitrogens is 1. The number of amides is 1. The number of pyridine rings is 1. The lowest BCUT2D eigenvalue weighted by molar-refractivity contribution is 0.0992. The number of nitriles is 1. The van der Waals surface area contributed by atoms with Gasteiger partial charge in [-0.25, -0.2) is 4.98 Å². The standard InChI is InChI=1S/C15H12ClN3O/c1-10-7-12(8-14(16)18-10)15(20)19(2)13-6-4-3-5-11(13)9-17/h3-8H,1-2H3. The normalized spacial score (nSPS) is 9.90. The van der Waals surface area contributed by atoms with Gasteiger partial charge in [0.2, 0.25) is 0 Å². The van der Waals surface area contributed by atoms with Gasteiger partial charge in [0.15, 0.2) is 0 Å². The molecule has 0 N–H and O–H groups in total. The SMILES string of the molecule is Cc1cc(C(=O)N(C)c2ccccc2C#N)cc(Cl)n1. The van der Waals surface area contributed by atoms with E-state index < -0.39 is 0 Å². The Kier molecular flexibility index (Phi) is 4.02. The molecule has 2 rings (SSSR count). The van der Waals surface area contributed by atoms with E-state index in [1.165, 1.54) is 11.0 Å². The summed E-state index contributed by atoms with van der Waals surface area (Å²) in [6, 6.07) is 12.2. The molecule has 1 aromatic carbocycles. The smallest absolute Gasteiger partial charge is 0.258 e. The summed E-state index contributed by atoms with van der Waals surface area (Å²) in [5.74, 6) is -0.236. The summed E-state index contributed by atoms with van der Waals surface area (Å²) in [4.78, 5) is 17.9. The summed E-state index contributed by atoms with van der Waals surface area (Å²) in [5, 5.41) is 9.36. The molecule has 5 heteroatoms. The Morgan fingerprint density at radius 2 is 2.05 bits per heavy atom. The molecule has 0 atom stereocenters. The van der Waals surface area contributed by atoms with E-state index in [2.05, 4.69) is 11.1 Å². The molecule has 1 heterocycles. The van der Waals surface area contributed by atoms with Crippen LogP contribution in [0.4, 0.5) is 5.69 Å². The number of rotatable bonds is 2. The number of nitrogens with zero attached hydrogens (tertiary/aromatic N) is 3. The molecule has 0 bridgehead atoms. The molecular formula is C15H12ClN3O. The minimum Gasteiger partial charge on any atom is -0.310 e. The molecule has 0 aliphatic carbocycles. The predicted octanol–water partition coefficient (Wildman–Crippen LogP) is 3.19. The average Bonchev–Trinajstić information content (AvgIpc) is 2.44. The van der Waals surface area contributed by atoms with E-state index in [4.69, 9.17) is 16.9 Å². The zero-order chi connectivity index (χ0) is 14.7. The van der Waals surface area contributed by atoms with Crippen LogP contribution in [0.1, 0.15) is 21.6 Å². The van der Waals surface area contributed by atoms with Crippen molar-refractivity contribution in [1.82, 2.24) is 4.98 Å². The Labute approximate surface area is 122 Å². The van der Waals surface area contributed by atoms with Crippen molar-refractivity contribution >= 4 is 23.2 Å². The first-order valence-electron chi connectivity index (χ1n) is 5.94. The molecule has 0 saturated heterocycles. The van der Waals surface area contributed by atoms with Gasteiger partial charge < -0.3 is 4.90 Å². The fourth-order valence-electron chi connectivity index (χ4n) is 1.92. The van der Waals surface area contributed by atoms with Gasteiger partial charge in [0.05, 0.1) is 11.3 Å². The van der Waals surface area contributed by atoms with Crippen LogP contribution in [0.3, 0.4) is 0 Å². The molecule has 20 heavy (non-hydrogen) atoms. The Bertz CT molecular complexity index is 686. The molecule has 2 aromatic rings. The first kappa shape index (κ1) is 14.0. The Morgan fingerprint density at radius 1 is 1.35 bits per heavy atom. The first-order chi connectivity index (χ1) is 9.52. The van der Waals surface area contributed by atoms with Crippen molar-refractivity contribution in [3.8, 4) is 6.07 Å². The number of halogens is 1. The predicted molar refractivity (Wildman–Crippen MR) is 77.9 cm³/mol. The molecule has 0 fully saturated rings. The summed E-state index contributed by atoms with van der Waals surface area (Å²) in [6.07, 6.45) is 0. The van der Waals surface area contributed by atoms with Gasteiger partial charge in [0.25, 0.3) is 5.91 Å². The topological polar surface area (TPSA) is 57.0 Å². The second-order valence-corrected chi connectivity index (χ2v) is 4.70. The van der Waals surface area contributed by atoms with Crippen molar-refractivity contribution < 1.29 is 4.79 Å². The van der Waals surface area contributed by atoms with Crippen molar-refractivity contribution in [2.24, 2.45) is 0 Å². The molecule has 1 aromatic heterocycles. The number of hydrogen-bond acceptors (Lipinski definition) is 3. The average molecular weight is 286 g/mol. The highest BCUT2D eigenvalue weighted by Crippen LogP contribution is 2.21. The summed E-state index contributed by atoms with van der Waals surface area (Å²) in [7, 11) is 1.63. The second-order valence-electron chi connectivity index (χ2n) is 4.31. The number of hydrogen-bond donors (Lipinski definition) is 0. The van der Waals surface area contributed by atoms with Gasteiger partial charge in [-0.05, 0) is 31.2 Å². The third-order valence-electron chi connectivity index (χ3n) is 2.86. The molecule has 0 aliphatic rings. The van der Waals surface area contributed by atoms with Crippen molar-refractivity contribution in [1.29, 1.82) is 5.26 Å². The van der Waals surface area contributed by atoms with Crippen LogP contribution in [-0.4, -0.2) is 17.9 Å². The van der Waals surface area contributed by atoms with Gasteiger partial charge in [-0.2, -0.15) is 5.26 Å². The van der Waals surface area contributed by atoms with E-state index in [0.717, 1.165) is 0 Å². The van der Waals surface area contributed by atoms with Crippen LogP contribution in [0.25, 0.3) is 0 Å². The summed E-state index contributed by atoms with van der Waals surface area (Å²) >= 11 is 5.87. The van der Waals surface area contributed by atoms with E-state index in [-0.39, 0.29) is 11.1 Å². The molecule has 4 nitrogen and oxygen atoms in total. The van der Waals surface area contributed by atoms with E-state index in [9.17, 15) is 4.79 Å². The lowest BCUT2D eigenvalue weighted by Crippen LogP contribution is -2.27. The van der Waals surface area contributed by atoms with Crippen molar-refractivity contribution in [3.63, 3.8) is 0 Å². The highest BCUT2D eigenvalue weighted by atomic mass is 35.5. The number of carbonyl (C=O) groups excluding carboxylic acids is 1. The maximum absolute atomic E-state index is 12.4. The second kappa shape index (κ2) is 5.72. The van der Waals surface area contributed by atoms with Crippen LogP contribution in [0.2, 0.25) is 5.15 Å². The third kappa shape index (κ3) is 2.79. The van der Waals surface area contributed by atoms with Gasteiger partial charge in [0.1, 0.15) is 11.2 Å². The van der Waals surface area contributed by atoms with Crippen LogP contribution in [0.15, 0.2) is 36.4 Å². The summed E-state index contributed by atoms with van der Waals surface area (Å²) in [5.41, 5.74) is 2.12. The Hall–Kier alpha value is -2.38. The number of carbonyl (C=O) groups is 1. The Morgan fingerprint density at radius 3 is 2.70 bits per heavy atom. The zero-order valence-electron chi connectivity index (χ0n) is 11.1. The van der Waals surface area contributed by atoms with Crippen LogP contribution >= 0.6 is 11.6 Å². The van der Waals surface area contributed by atoms with Crippen molar-refractivity contribution in [3.05, 3.63) is 58.4 Å². The number of benzene rings is 1. The minimum atomic E-state index is -0.236. The molecule has 0 radical (unpaired) electrons. The van der Waals surface area contributed by atoms with Gasteiger partial charge in [0, 0.05) is 18.3 Å². The number of aryl methyl sites for hydroxylation is 1. The fraction of sp³-hybridized carbons (Fsp3) is 0.133. The van der Waals surface area contributed by atoms with Crippen molar-refractivity contribution in [2.75, 3.05) is 11.9 Å². The van der Waals surface area contributed by atoms with Gasteiger partial charge in [-0.15, -0.1) is 0 Å². The first-order valence-corrected chi connectivity index (χ1v) is 6.32. The molecule has 0 unspecified atom stereocenters. The van der Waals surface area contributed by atoms with E-state index in [0.29, 0.717) is 22.5 Å². The van der Waals surface area contributed by atoms with Crippen LogP contribution in [0.5, 0.6) is 0 Å². The zero-order valence-corrected chi connectivity index (χ0v) is 11.8. The maximum atomic E-state index is 12.4. The van der Waals surface area contributed by atoms with Gasteiger partial charge in [-0.1, -0.05) is 23.7 Å². The van der Waals surface area contributed by atoms with Crippen LogP contribution in [-0.2, 0) is 0 Å². The molecule has 0 saturated carbocycles. The third-order valence-corrected chi connectivity index (χ3v) is 3.05. The largest absolute Gasteiger partial charge is 0.310 e. The minimum absolute atomic E-state index is 0.236. The lowest BCUT2D eigenvalue weighted by Gasteiger charge is -2.18. The molecular weight excluding hydrogens is 274 g/mol. The van der Waals surface area contributed by atoms with Crippen LogP contribution < -0.4 is 4.90 Å². The van der Waals surface area contributed by atoms with Crippen LogP contribution in [0, 0.1) is 18.3 Å². The summed E-state index contributed by atoms with van der Waals surface area (Å²) in [6.45, 7) is 1.77. The quantitative estimate of drug-likeness (QED) is 0.796. The number of para-hydroxylation sites is 1. The van der Waals surface area contributed by atoms with E-state index in [1.54, 1.807) is 44.3 Å². The van der Waals surface area contributed by atoms with E-state index in [1.807, 2.05) is 0 Å². The monoisotopic (exact) mass is 285 g/mol. The van der Waals surface area contributed by atoms with Crippen molar-refractivity contribution in [2.45, 2.75) is 6.92 Å². The van der Waals surface area contributed by atoms with E-state index >= 15 is 0 Å². The molecule has 0 aliphatic heterocycles. The molecule has 100 valence electrons. The van der Waals surface area contributed by atoms with Gasteiger partial charge in [-0.3, -0.25) is 4.79 Å². The molecule has 1 amide bonds.